The van der Waals surface area contributed by atoms with E-state index in [4.69, 9.17) is 14.2 Å². The lowest BCUT2D eigenvalue weighted by Crippen LogP contribution is -2.49. The molecule has 0 bridgehead atoms. The highest BCUT2D eigenvalue weighted by Gasteiger charge is 2.47. The molecular formula is C32H52F4N2O4. The van der Waals surface area contributed by atoms with E-state index in [1.165, 1.54) is 25.2 Å². The van der Waals surface area contributed by atoms with Crippen molar-refractivity contribution in [2.24, 2.45) is 17.3 Å². The van der Waals surface area contributed by atoms with Crippen molar-refractivity contribution in [3.8, 4) is 0 Å². The quantitative estimate of drug-likeness (QED) is 0.119. The largest absolute Gasteiger partial charge is 0.458 e. The molecule has 42 heavy (non-hydrogen) atoms. The number of unbranched alkanes of at least 4 members (excludes halogenated alkanes) is 1. The molecule has 10 heteroatoms. The normalized spacial score (nSPS) is 19.5. The number of methoxy groups -OCH3 is 2. The number of benzene rings is 1. The second-order valence-electron chi connectivity index (χ2n) is 12.9. The fourth-order valence-corrected chi connectivity index (χ4v) is 6.46. The Bertz CT molecular complexity index is 966. The molecule has 1 aromatic rings. The first-order valence-corrected chi connectivity index (χ1v) is 15.1. The molecular weight excluding hydrogens is 552 g/mol. The van der Waals surface area contributed by atoms with Crippen LogP contribution in [0.15, 0.2) is 18.2 Å². The smallest absolute Gasteiger partial charge is 0.401 e. The van der Waals surface area contributed by atoms with Crippen LogP contribution in [0.3, 0.4) is 0 Å². The summed E-state index contributed by atoms with van der Waals surface area (Å²) in [5.74, 6) is -0.691. The highest BCUT2D eigenvalue weighted by Crippen LogP contribution is 2.48. The van der Waals surface area contributed by atoms with Crippen molar-refractivity contribution in [3.63, 3.8) is 0 Å². The summed E-state index contributed by atoms with van der Waals surface area (Å²) in [5, 5.41) is 3.43. The van der Waals surface area contributed by atoms with Gasteiger partial charge in [-0.05, 0) is 74.5 Å². The summed E-state index contributed by atoms with van der Waals surface area (Å²) in [7, 11) is 3.08. The van der Waals surface area contributed by atoms with E-state index in [2.05, 4.69) is 19.2 Å². The lowest BCUT2D eigenvalue weighted by molar-refractivity contribution is -0.171. The summed E-state index contributed by atoms with van der Waals surface area (Å²) in [6.45, 7) is 11.1. The van der Waals surface area contributed by atoms with Gasteiger partial charge in [-0.25, -0.2) is 4.39 Å². The molecule has 242 valence electrons. The molecule has 0 spiro atoms. The van der Waals surface area contributed by atoms with E-state index in [1.807, 2.05) is 26.8 Å². The van der Waals surface area contributed by atoms with Crippen LogP contribution in [0.2, 0.25) is 0 Å². The van der Waals surface area contributed by atoms with Gasteiger partial charge in [-0.3, -0.25) is 9.69 Å². The molecule has 6 nitrogen and oxygen atoms in total. The zero-order valence-corrected chi connectivity index (χ0v) is 26.5. The highest BCUT2D eigenvalue weighted by molar-refractivity contribution is 5.72. The van der Waals surface area contributed by atoms with Crippen molar-refractivity contribution in [1.82, 2.24) is 10.2 Å². The molecule has 0 aliphatic heterocycles. The standard InChI is InChI=1S/C32H52F4N2O4/c1-23(2)28-27-11-10-26(33)18-25(27)12-13-31(28,42-29(39)24(3)4)14-16-37-15-8-9-17-38(20-32(34,35)36)19-30(5,21-40-6)22-41-7/h10-11,18,23-24,28,37H,8-9,12-17,19-22H2,1-7H3/t28-,31-/m0/s1. The SMILES string of the molecule is COCC(C)(COC)CN(CCCCNCC[C@@]1(OC(=O)C(C)C)CCc2cc(F)ccc2[C@@H]1C(C)C)CC(F)(F)F. The first kappa shape index (κ1) is 36.4. The van der Waals surface area contributed by atoms with E-state index in [-0.39, 0.29) is 36.1 Å². The van der Waals surface area contributed by atoms with Gasteiger partial charge >= 0.3 is 12.1 Å². The summed E-state index contributed by atoms with van der Waals surface area (Å²) >= 11 is 0. The van der Waals surface area contributed by atoms with Crippen LogP contribution in [-0.4, -0.2) is 82.8 Å². The Morgan fingerprint density at radius 2 is 1.74 bits per heavy atom. The molecule has 0 radical (unpaired) electrons. The third-order valence-corrected chi connectivity index (χ3v) is 8.06. The van der Waals surface area contributed by atoms with E-state index in [0.29, 0.717) is 65.0 Å². The van der Waals surface area contributed by atoms with Crippen molar-refractivity contribution in [2.45, 2.75) is 84.4 Å². The van der Waals surface area contributed by atoms with Crippen LogP contribution in [0.4, 0.5) is 17.6 Å². The first-order chi connectivity index (χ1) is 19.6. The lowest BCUT2D eigenvalue weighted by atomic mass is 9.65. The highest BCUT2D eigenvalue weighted by atomic mass is 19.4. The van der Waals surface area contributed by atoms with Gasteiger partial charge in [-0.15, -0.1) is 0 Å². The minimum atomic E-state index is -4.29. The van der Waals surface area contributed by atoms with Gasteiger partial charge in [0, 0.05) is 38.5 Å². The maximum atomic E-state index is 14.0. The van der Waals surface area contributed by atoms with Crippen LogP contribution in [0.1, 0.15) is 77.3 Å². The van der Waals surface area contributed by atoms with Crippen molar-refractivity contribution in [2.75, 3.05) is 60.2 Å². The van der Waals surface area contributed by atoms with E-state index in [1.54, 1.807) is 6.07 Å². The number of hydrogen-bond acceptors (Lipinski definition) is 6. The zero-order valence-electron chi connectivity index (χ0n) is 26.5. The predicted octanol–water partition coefficient (Wildman–Crippen LogP) is 6.37. The van der Waals surface area contributed by atoms with Crippen LogP contribution in [-0.2, 0) is 25.4 Å². The van der Waals surface area contributed by atoms with Gasteiger partial charge in [-0.1, -0.05) is 40.7 Å². The van der Waals surface area contributed by atoms with Crippen LogP contribution in [0, 0.1) is 23.1 Å². The summed E-state index contributed by atoms with van der Waals surface area (Å²) in [6.07, 6.45) is -1.16. The van der Waals surface area contributed by atoms with Crippen LogP contribution < -0.4 is 5.32 Å². The van der Waals surface area contributed by atoms with Crippen LogP contribution >= 0.6 is 0 Å². The average Bonchev–Trinajstić information content (AvgIpc) is 2.87. The molecule has 2 atom stereocenters. The minimum absolute atomic E-state index is 0.0733. The summed E-state index contributed by atoms with van der Waals surface area (Å²) in [5.41, 5.74) is 0.733. The second kappa shape index (κ2) is 16.4. The van der Waals surface area contributed by atoms with Crippen molar-refractivity contribution >= 4 is 5.97 Å². The molecule has 0 saturated carbocycles. The number of nitrogens with zero attached hydrogens (tertiary/aromatic N) is 1. The van der Waals surface area contributed by atoms with Crippen molar-refractivity contribution in [1.29, 1.82) is 0 Å². The van der Waals surface area contributed by atoms with Gasteiger partial charge in [0.05, 0.1) is 25.7 Å². The third-order valence-electron chi connectivity index (χ3n) is 8.06. The number of alkyl halides is 3. The lowest BCUT2D eigenvalue weighted by Gasteiger charge is -2.47. The van der Waals surface area contributed by atoms with Gasteiger partial charge in [-0.2, -0.15) is 13.2 Å². The molecule has 0 amide bonds. The van der Waals surface area contributed by atoms with Crippen LogP contribution in [0.25, 0.3) is 0 Å². The van der Waals surface area contributed by atoms with E-state index < -0.39 is 23.7 Å². The number of fused-ring (bicyclic) bond motifs is 1. The zero-order chi connectivity index (χ0) is 31.6. The number of ether oxygens (including phenoxy) is 3. The molecule has 0 saturated heterocycles. The van der Waals surface area contributed by atoms with E-state index in [0.717, 1.165) is 11.1 Å². The van der Waals surface area contributed by atoms with Crippen molar-refractivity contribution in [3.05, 3.63) is 35.1 Å². The minimum Gasteiger partial charge on any atom is -0.458 e. The Hall–Kier alpha value is -1.75. The average molecular weight is 605 g/mol. The van der Waals surface area contributed by atoms with E-state index in [9.17, 15) is 22.4 Å². The maximum absolute atomic E-state index is 14.0. The first-order valence-electron chi connectivity index (χ1n) is 15.1. The number of nitrogens with one attached hydrogen (secondary N) is 1. The third kappa shape index (κ3) is 11.1. The fourth-order valence-electron chi connectivity index (χ4n) is 6.46. The van der Waals surface area contributed by atoms with Gasteiger partial charge in [0.2, 0.25) is 0 Å². The number of halogens is 4. The Balaban J connectivity index is 2.02. The number of hydrogen-bond donors (Lipinski definition) is 1. The molecule has 0 unspecified atom stereocenters. The van der Waals surface area contributed by atoms with Crippen LogP contribution in [0.5, 0.6) is 0 Å². The molecule has 0 heterocycles. The fraction of sp³-hybridized carbons (Fsp3) is 0.781. The Kier molecular flexibility index (Phi) is 14.2. The summed E-state index contributed by atoms with van der Waals surface area (Å²) < 4.78 is 70.7. The Morgan fingerprint density at radius 3 is 2.31 bits per heavy atom. The molecule has 0 aromatic heterocycles. The number of carbonyl (C=O) groups is 1. The van der Waals surface area contributed by atoms with Crippen molar-refractivity contribution < 1.29 is 36.6 Å². The summed E-state index contributed by atoms with van der Waals surface area (Å²) in [6, 6.07) is 4.89. The van der Waals surface area contributed by atoms with E-state index >= 15 is 0 Å². The predicted molar refractivity (Wildman–Crippen MR) is 157 cm³/mol. The molecule has 1 aliphatic carbocycles. The second-order valence-corrected chi connectivity index (χ2v) is 12.9. The number of rotatable bonds is 18. The monoisotopic (exact) mass is 604 g/mol. The van der Waals surface area contributed by atoms with Gasteiger partial charge in [0.15, 0.2) is 0 Å². The Morgan fingerprint density at radius 1 is 1.07 bits per heavy atom. The molecule has 2 rings (SSSR count). The molecule has 1 N–H and O–H groups in total. The molecule has 1 aliphatic rings. The Labute approximate surface area is 249 Å². The van der Waals surface area contributed by atoms with Gasteiger partial charge < -0.3 is 19.5 Å². The molecule has 1 aromatic carbocycles. The maximum Gasteiger partial charge on any atom is 0.401 e. The van der Waals surface area contributed by atoms with Gasteiger partial charge in [0.25, 0.3) is 0 Å². The summed E-state index contributed by atoms with van der Waals surface area (Å²) in [4.78, 5) is 14.3. The van der Waals surface area contributed by atoms with Gasteiger partial charge in [0.1, 0.15) is 11.4 Å². The molecule has 0 fully saturated rings. The number of aryl methyl sites for hydroxylation is 1. The number of esters is 1. The number of carbonyl (C=O) groups excluding carboxylic acids is 1. The topological polar surface area (TPSA) is 60.0 Å².